The Kier molecular flexibility index (Phi) is 6.04. The first-order valence-electron chi connectivity index (χ1n) is 8.12. The zero-order valence-electron chi connectivity index (χ0n) is 13.6. The first kappa shape index (κ1) is 16.6. The highest BCUT2D eigenvalue weighted by Gasteiger charge is 2.16. The molecule has 5 nitrogen and oxygen atoms in total. The quantitative estimate of drug-likeness (QED) is 0.877. The molecule has 0 radical (unpaired) electrons. The predicted octanol–water partition coefficient (Wildman–Crippen LogP) is 2.25. The van der Waals surface area contributed by atoms with E-state index < -0.39 is 0 Å². The molecule has 122 valence electrons. The van der Waals surface area contributed by atoms with Gasteiger partial charge in [0, 0.05) is 31.3 Å². The topological polar surface area (TPSA) is 60.3 Å². The van der Waals surface area contributed by atoms with Crippen LogP contribution in [0.25, 0.3) is 0 Å². The molecule has 5 heteroatoms. The summed E-state index contributed by atoms with van der Waals surface area (Å²) in [6, 6.07) is 3.29. The van der Waals surface area contributed by atoms with Crippen LogP contribution in [0.4, 0.5) is 0 Å². The lowest BCUT2D eigenvalue weighted by molar-refractivity contribution is -0.122. The second kappa shape index (κ2) is 8.01. The number of methoxy groups -OCH3 is 1. The first-order chi connectivity index (χ1) is 10.6. The average molecular weight is 306 g/mol. The highest BCUT2D eigenvalue weighted by molar-refractivity contribution is 5.76. The predicted molar refractivity (Wildman–Crippen MR) is 86.2 cm³/mol. The molecule has 0 aliphatic heterocycles. The van der Waals surface area contributed by atoms with Crippen LogP contribution < -0.4 is 15.6 Å². The summed E-state index contributed by atoms with van der Waals surface area (Å²) in [5.74, 6) is 1.21. The number of aryl methyl sites for hydroxylation is 1. The van der Waals surface area contributed by atoms with Crippen LogP contribution in [0.1, 0.15) is 44.2 Å². The smallest absolute Gasteiger partial charge is 0.254 e. The van der Waals surface area contributed by atoms with Crippen molar-refractivity contribution in [3.05, 3.63) is 28.2 Å². The molecule has 1 aliphatic carbocycles. The number of nitrogens with zero attached hydrogens (tertiary/aromatic N) is 1. The minimum atomic E-state index is -0.0987. The van der Waals surface area contributed by atoms with Crippen LogP contribution in [-0.2, 0) is 11.3 Å². The van der Waals surface area contributed by atoms with Crippen molar-refractivity contribution in [1.82, 2.24) is 9.88 Å². The number of pyridine rings is 1. The lowest BCUT2D eigenvalue weighted by atomic mass is 9.87. The molecule has 1 aromatic heterocycles. The Morgan fingerprint density at radius 2 is 2.05 bits per heavy atom. The van der Waals surface area contributed by atoms with E-state index in [1.165, 1.54) is 38.2 Å². The van der Waals surface area contributed by atoms with Gasteiger partial charge in [0.25, 0.3) is 5.56 Å². The molecule has 1 fully saturated rings. The van der Waals surface area contributed by atoms with Crippen molar-refractivity contribution in [2.75, 3.05) is 13.7 Å². The molecule has 1 heterocycles. The van der Waals surface area contributed by atoms with Crippen molar-refractivity contribution >= 4 is 5.91 Å². The minimum Gasteiger partial charge on any atom is -0.496 e. The fourth-order valence-corrected chi connectivity index (χ4v) is 3.14. The van der Waals surface area contributed by atoms with E-state index in [9.17, 15) is 9.59 Å². The zero-order valence-corrected chi connectivity index (χ0v) is 13.6. The van der Waals surface area contributed by atoms with E-state index in [0.717, 1.165) is 5.69 Å². The largest absolute Gasteiger partial charge is 0.496 e. The van der Waals surface area contributed by atoms with E-state index in [1.54, 1.807) is 11.7 Å². The molecule has 0 aromatic carbocycles. The van der Waals surface area contributed by atoms with E-state index in [-0.39, 0.29) is 11.5 Å². The average Bonchev–Trinajstić information content (AvgIpc) is 2.50. The van der Waals surface area contributed by atoms with E-state index >= 15 is 0 Å². The summed E-state index contributed by atoms with van der Waals surface area (Å²) < 4.78 is 6.73. The van der Waals surface area contributed by atoms with E-state index in [1.807, 2.05) is 13.0 Å². The minimum absolute atomic E-state index is 0.0987. The number of amides is 1. The molecule has 1 saturated carbocycles. The van der Waals surface area contributed by atoms with Crippen LogP contribution >= 0.6 is 0 Å². The van der Waals surface area contributed by atoms with Crippen molar-refractivity contribution < 1.29 is 9.53 Å². The Labute approximate surface area is 131 Å². The molecule has 1 aromatic rings. The van der Waals surface area contributed by atoms with Gasteiger partial charge < -0.3 is 14.6 Å². The van der Waals surface area contributed by atoms with Crippen LogP contribution in [-0.4, -0.2) is 24.1 Å². The van der Waals surface area contributed by atoms with E-state index in [4.69, 9.17) is 4.74 Å². The van der Waals surface area contributed by atoms with Crippen molar-refractivity contribution in [2.45, 2.75) is 52.0 Å². The summed E-state index contributed by atoms with van der Waals surface area (Å²) in [6.07, 6.45) is 6.76. The number of carbonyl (C=O) groups is 1. The molecule has 0 spiro atoms. The molecule has 0 atom stereocenters. The summed E-state index contributed by atoms with van der Waals surface area (Å²) in [5.41, 5.74) is 0.740. The highest BCUT2D eigenvalue weighted by atomic mass is 16.5. The van der Waals surface area contributed by atoms with Gasteiger partial charge in [-0.3, -0.25) is 9.59 Å². The van der Waals surface area contributed by atoms with Crippen LogP contribution in [0, 0.1) is 12.8 Å². The Balaban J connectivity index is 1.80. The van der Waals surface area contributed by atoms with Gasteiger partial charge in [-0.15, -0.1) is 0 Å². The lowest BCUT2D eigenvalue weighted by Crippen LogP contribution is -2.32. The van der Waals surface area contributed by atoms with Gasteiger partial charge in [0.05, 0.1) is 7.11 Å². The fourth-order valence-electron chi connectivity index (χ4n) is 3.14. The summed E-state index contributed by atoms with van der Waals surface area (Å²) in [7, 11) is 1.55. The Morgan fingerprint density at radius 3 is 2.68 bits per heavy atom. The lowest BCUT2D eigenvalue weighted by Gasteiger charge is -2.21. The number of ether oxygens (including phenoxy) is 1. The number of nitrogens with one attached hydrogen (secondary N) is 1. The molecule has 2 rings (SSSR count). The summed E-state index contributed by atoms with van der Waals surface area (Å²) in [6.45, 7) is 2.84. The second-order valence-corrected chi connectivity index (χ2v) is 6.08. The monoisotopic (exact) mass is 306 g/mol. The van der Waals surface area contributed by atoms with Crippen LogP contribution in [0.2, 0.25) is 0 Å². The summed E-state index contributed by atoms with van der Waals surface area (Å²) in [5, 5.41) is 2.93. The van der Waals surface area contributed by atoms with E-state index in [2.05, 4.69) is 5.32 Å². The normalized spacial score (nSPS) is 15.5. The summed E-state index contributed by atoms with van der Waals surface area (Å²) in [4.78, 5) is 23.9. The number of carbonyl (C=O) groups excluding carboxylic acids is 1. The maximum atomic E-state index is 12.0. The molecule has 1 N–H and O–H groups in total. The van der Waals surface area contributed by atoms with Gasteiger partial charge in [0.2, 0.25) is 5.91 Å². The third kappa shape index (κ3) is 4.61. The van der Waals surface area contributed by atoms with Gasteiger partial charge in [-0.1, -0.05) is 19.3 Å². The third-order valence-corrected chi connectivity index (χ3v) is 4.40. The summed E-state index contributed by atoms with van der Waals surface area (Å²) >= 11 is 0. The first-order valence-corrected chi connectivity index (χ1v) is 8.12. The number of rotatable bonds is 6. The highest BCUT2D eigenvalue weighted by Crippen LogP contribution is 2.25. The molecular weight excluding hydrogens is 280 g/mol. The van der Waals surface area contributed by atoms with Gasteiger partial charge in [-0.2, -0.15) is 0 Å². The van der Waals surface area contributed by atoms with Crippen LogP contribution in [0.15, 0.2) is 16.9 Å². The molecule has 0 bridgehead atoms. The maximum absolute atomic E-state index is 12.0. The molecular formula is C17H26N2O3. The molecule has 22 heavy (non-hydrogen) atoms. The fraction of sp³-hybridized carbons (Fsp3) is 0.647. The Morgan fingerprint density at radius 1 is 1.32 bits per heavy atom. The zero-order chi connectivity index (χ0) is 15.9. The van der Waals surface area contributed by atoms with Crippen molar-refractivity contribution in [2.24, 2.45) is 5.92 Å². The number of hydrogen-bond acceptors (Lipinski definition) is 3. The maximum Gasteiger partial charge on any atom is 0.254 e. The second-order valence-electron chi connectivity index (χ2n) is 6.08. The molecule has 1 aliphatic rings. The number of aromatic nitrogens is 1. The standard InChI is InChI=1S/C17H26N2O3/c1-13-10-15(22-2)12-17(21)19(13)9-8-18-16(20)11-14-6-4-3-5-7-14/h10,12,14H,3-9,11H2,1-2H3,(H,18,20). The van der Waals surface area contributed by atoms with Crippen molar-refractivity contribution in [3.8, 4) is 5.75 Å². The molecule has 1 amide bonds. The SMILES string of the molecule is COc1cc(C)n(CCNC(=O)CC2CCCCC2)c(=O)c1. The Hall–Kier alpha value is -1.78. The Bertz CT molecular complexity index is 560. The van der Waals surface area contributed by atoms with Crippen LogP contribution in [0.5, 0.6) is 5.75 Å². The third-order valence-electron chi connectivity index (χ3n) is 4.40. The van der Waals surface area contributed by atoms with Gasteiger partial charge >= 0.3 is 0 Å². The van der Waals surface area contributed by atoms with Gasteiger partial charge in [-0.25, -0.2) is 0 Å². The van der Waals surface area contributed by atoms with Gasteiger partial charge in [0.1, 0.15) is 5.75 Å². The molecule has 0 saturated heterocycles. The van der Waals surface area contributed by atoms with Gasteiger partial charge in [-0.05, 0) is 31.7 Å². The van der Waals surface area contributed by atoms with Crippen LogP contribution in [0.3, 0.4) is 0 Å². The van der Waals surface area contributed by atoms with E-state index in [0.29, 0.717) is 31.2 Å². The van der Waals surface area contributed by atoms with Gasteiger partial charge in [0.15, 0.2) is 0 Å². The molecule has 0 unspecified atom stereocenters. The number of hydrogen-bond donors (Lipinski definition) is 1. The van der Waals surface area contributed by atoms with Crippen molar-refractivity contribution in [1.29, 1.82) is 0 Å². The van der Waals surface area contributed by atoms with Crippen molar-refractivity contribution in [3.63, 3.8) is 0 Å².